The van der Waals surface area contributed by atoms with E-state index in [1.54, 1.807) is 4.57 Å². The Labute approximate surface area is 161 Å². The average molecular weight is 369 g/mol. The van der Waals surface area contributed by atoms with Gasteiger partial charge in [-0.15, -0.1) is 0 Å². The number of H-pyrrole nitrogens is 1. The third-order valence-electron chi connectivity index (χ3n) is 5.76. The molecule has 0 spiro atoms. The fourth-order valence-electron chi connectivity index (χ4n) is 4.27. The maximum atomic E-state index is 12.6. The van der Waals surface area contributed by atoms with Crippen LogP contribution in [0.2, 0.25) is 0 Å². The van der Waals surface area contributed by atoms with E-state index in [0.29, 0.717) is 0 Å². The van der Waals surface area contributed by atoms with Gasteiger partial charge >= 0.3 is 5.69 Å². The SMILES string of the molecule is O=c1[nH]c2ccccc2n1-c1ccc2nc3n(c2c1)CCN(C1=CC=C1)CC3. The van der Waals surface area contributed by atoms with Crippen LogP contribution in [0.4, 0.5) is 0 Å². The lowest BCUT2D eigenvalue weighted by Gasteiger charge is -2.25. The Morgan fingerprint density at radius 2 is 1.89 bits per heavy atom. The highest BCUT2D eigenvalue weighted by molar-refractivity contribution is 5.82. The van der Waals surface area contributed by atoms with Crippen LogP contribution >= 0.6 is 0 Å². The molecule has 1 N–H and O–H groups in total. The zero-order chi connectivity index (χ0) is 18.7. The summed E-state index contributed by atoms with van der Waals surface area (Å²) in [5, 5.41) is 0. The van der Waals surface area contributed by atoms with Gasteiger partial charge in [-0.05, 0) is 42.5 Å². The van der Waals surface area contributed by atoms with E-state index in [4.69, 9.17) is 4.98 Å². The van der Waals surface area contributed by atoms with Crippen molar-refractivity contribution in [1.29, 1.82) is 0 Å². The van der Waals surface area contributed by atoms with Crippen LogP contribution in [0.3, 0.4) is 0 Å². The van der Waals surface area contributed by atoms with Crippen LogP contribution in [0.15, 0.2) is 71.2 Å². The highest BCUT2D eigenvalue weighted by atomic mass is 16.1. The number of imidazole rings is 2. The number of para-hydroxylation sites is 2. The molecule has 0 bridgehead atoms. The minimum Gasteiger partial charge on any atom is -0.369 e. The molecule has 2 aromatic heterocycles. The van der Waals surface area contributed by atoms with E-state index in [0.717, 1.165) is 59.6 Å². The summed E-state index contributed by atoms with van der Waals surface area (Å²) in [5.74, 6) is 1.12. The second-order valence-corrected chi connectivity index (χ2v) is 7.32. The first-order valence-electron chi connectivity index (χ1n) is 9.60. The van der Waals surface area contributed by atoms with Gasteiger partial charge in [0.05, 0.1) is 27.8 Å². The number of nitrogens with one attached hydrogen (secondary N) is 1. The number of allylic oxidation sites excluding steroid dienone is 3. The van der Waals surface area contributed by atoms with E-state index in [-0.39, 0.29) is 5.69 Å². The molecule has 0 saturated heterocycles. The van der Waals surface area contributed by atoms with E-state index >= 15 is 0 Å². The summed E-state index contributed by atoms with van der Waals surface area (Å²) in [4.78, 5) is 22.8. The summed E-state index contributed by atoms with van der Waals surface area (Å²) in [5.41, 5.74) is 5.86. The molecule has 0 amide bonds. The molecule has 1 aliphatic heterocycles. The van der Waals surface area contributed by atoms with Crippen LogP contribution in [-0.4, -0.2) is 37.1 Å². The van der Waals surface area contributed by atoms with Gasteiger partial charge in [-0.2, -0.15) is 0 Å². The van der Waals surface area contributed by atoms with Crippen molar-refractivity contribution in [3.05, 3.63) is 82.7 Å². The van der Waals surface area contributed by atoms with Gasteiger partial charge in [0.2, 0.25) is 0 Å². The molecule has 138 valence electrons. The molecule has 2 aliphatic rings. The van der Waals surface area contributed by atoms with E-state index in [1.807, 2.05) is 36.4 Å². The Kier molecular flexibility index (Phi) is 3.17. The first-order chi connectivity index (χ1) is 13.8. The summed E-state index contributed by atoms with van der Waals surface area (Å²) in [7, 11) is 0. The number of hydrogen-bond donors (Lipinski definition) is 1. The molecule has 28 heavy (non-hydrogen) atoms. The van der Waals surface area contributed by atoms with Crippen LogP contribution in [-0.2, 0) is 13.0 Å². The number of fused-ring (bicyclic) bond motifs is 4. The van der Waals surface area contributed by atoms with Crippen LogP contribution in [0, 0.1) is 0 Å². The Bertz CT molecular complexity index is 1350. The number of benzene rings is 2. The van der Waals surface area contributed by atoms with Gasteiger partial charge in [0, 0.05) is 31.8 Å². The third-order valence-corrected chi connectivity index (χ3v) is 5.76. The Hall–Kier alpha value is -3.54. The summed E-state index contributed by atoms with van der Waals surface area (Å²) < 4.78 is 4.04. The van der Waals surface area contributed by atoms with Crippen molar-refractivity contribution in [3.8, 4) is 5.69 Å². The molecule has 0 saturated carbocycles. The first-order valence-corrected chi connectivity index (χ1v) is 9.60. The number of rotatable bonds is 2. The van der Waals surface area contributed by atoms with Gasteiger partial charge < -0.3 is 14.5 Å². The molecule has 4 aromatic rings. The molecule has 6 heteroatoms. The Morgan fingerprint density at radius 1 is 1.00 bits per heavy atom. The molecule has 2 aromatic carbocycles. The predicted molar refractivity (Wildman–Crippen MR) is 110 cm³/mol. The minimum atomic E-state index is -0.119. The summed E-state index contributed by atoms with van der Waals surface area (Å²) in [6.45, 7) is 2.84. The lowest BCUT2D eigenvalue weighted by atomic mass is 10.2. The van der Waals surface area contributed by atoms with E-state index in [9.17, 15) is 4.79 Å². The average Bonchev–Trinajstić information content (AvgIpc) is 3.10. The molecule has 6 rings (SSSR count). The Morgan fingerprint density at radius 3 is 2.75 bits per heavy atom. The largest absolute Gasteiger partial charge is 0.369 e. The van der Waals surface area contributed by atoms with Crippen molar-refractivity contribution in [2.24, 2.45) is 0 Å². The van der Waals surface area contributed by atoms with Crippen molar-refractivity contribution < 1.29 is 0 Å². The van der Waals surface area contributed by atoms with Gasteiger partial charge in [0.25, 0.3) is 0 Å². The maximum absolute atomic E-state index is 12.6. The highest BCUT2D eigenvalue weighted by Crippen LogP contribution is 2.25. The predicted octanol–water partition coefficient (Wildman–Crippen LogP) is 2.98. The highest BCUT2D eigenvalue weighted by Gasteiger charge is 2.20. The molecule has 0 unspecified atom stereocenters. The quantitative estimate of drug-likeness (QED) is 0.591. The number of aromatic nitrogens is 4. The zero-order valence-electron chi connectivity index (χ0n) is 15.3. The van der Waals surface area contributed by atoms with Gasteiger partial charge in [0.1, 0.15) is 5.82 Å². The van der Waals surface area contributed by atoms with Gasteiger partial charge in [0.15, 0.2) is 0 Å². The van der Waals surface area contributed by atoms with Gasteiger partial charge in [-0.3, -0.25) is 4.57 Å². The van der Waals surface area contributed by atoms with E-state index < -0.39 is 0 Å². The van der Waals surface area contributed by atoms with E-state index in [1.165, 1.54) is 5.70 Å². The maximum Gasteiger partial charge on any atom is 0.331 e. The smallest absolute Gasteiger partial charge is 0.331 e. The van der Waals surface area contributed by atoms with Crippen molar-refractivity contribution in [3.63, 3.8) is 0 Å². The lowest BCUT2D eigenvalue weighted by molar-refractivity contribution is 0.359. The van der Waals surface area contributed by atoms with E-state index in [2.05, 4.69) is 38.7 Å². The molecular formula is C22H19N5O. The third kappa shape index (κ3) is 2.21. The van der Waals surface area contributed by atoms with Crippen LogP contribution in [0.1, 0.15) is 5.82 Å². The number of aromatic amines is 1. The second kappa shape index (κ2) is 5.73. The summed E-state index contributed by atoms with van der Waals surface area (Å²) >= 11 is 0. The minimum absolute atomic E-state index is 0.119. The number of hydrogen-bond acceptors (Lipinski definition) is 3. The number of nitrogens with zero attached hydrogens (tertiary/aromatic N) is 4. The van der Waals surface area contributed by atoms with Crippen molar-refractivity contribution in [2.75, 3.05) is 13.1 Å². The molecule has 0 radical (unpaired) electrons. The summed E-state index contributed by atoms with van der Waals surface area (Å²) in [6, 6.07) is 13.9. The van der Waals surface area contributed by atoms with Crippen LogP contribution < -0.4 is 5.69 Å². The fourth-order valence-corrected chi connectivity index (χ4v) is 4.27. The van der Waals surface area contributed by atoms with Crippen molar-refractivity contribution in [1.82, 2.24) is 24.0 Å². The van der Waals surface area contributed by atoms with Crippen LogP contribution in [0.25, 0.3) is 27.8 Å². The molecule has 3 heterocycles. The summed E-state index contributed by atoms with van der Waals surface area (Å²) in [6.07, 6.45) is 7.32. The monoisotopic (exact) mass is 369 g/mol. The fraction of sp³-hybridized carbons (Fsp3) is 0.182. The van der Waals surface area contributed by atoms with Crippen molar-refractivity contribution in [2.45, 2.75) is 13.0 Å². The standard InChI is InChI=1S/C22H19N5O/c28-22-24-17-6-1-2-7-19(17)27(22)16-8-9-18-20(14-16)26-13-12-25(15-4-3-5-15)11-10-21(26)23-18/h1-9,14H,10-13H2,(H,24,28). The molecule has 0 atom stereocenters. The molecule has 1 aliphatic carbocycles. The lowest BCUT2D eigenvalue weighted by Crippen LogP contribution is -2.26. The molecule has 0 fully saturated rings. The van der Waals surface area contributed by atoms with Crippen LogP contribution in [0.5, 0.6) is 0 Å². The zero-order valence-corrected chi connectivity index (χ0v) is 15.3. The van der Waals surface area contributed by atoms with Gasteiger partial charge in [-0.25, -0.2) is 9.78 Å². The normalized spacial score (nSPS) is 16.1. The second-order valence-electron chi connectivity index (χ2n) is 7.32. The van der Waals surface area contributed by atoms with Gasteiger partial charge in [-0.1, -0.05) is 18.2 Å². The topological polar surface area (TPSA) is 58.9 Å². The Balaban J connectivity index is 1.46. The first kappa shape index (κ1) is 15.5. The molecular weight excluding hydrogens is 350 g/mol. The van der Waals surface area contributed by atoms with Crippen molar-refractivity contribution >= 4 is 22.1 Å². The molecule has 6 nitrogen and oxygen atoms in total.